The fourth-order valence-electron chi connectivity index (χ4n) is 11.9. The fourth-order valence-corrected chi connectivity index (χ4v) is 11.9. The highest BCUT2D eigenvalue weighted by molar-refractivity contribution is 5.93. The molecule has 3 aromatic rings. The number of para-hydroxylation sites is 1. The predicted molar refractivity (Wildman–Crippen MR) is 183 cm³/mol. The van der Waals surface area contributed by atoms with Gasteiger partial charge in [0, 0.05) is 82.7 Å². The maximum atomic E-state index is 13.5. The summed E-state index contributed by atoms with van der Waals surface area (Å²) < 4.78 is 8.06. The minimum atomic E-state index is -0.361. The maximum Gasteiger partial charge on any atom is 0.335 e. The largest absolute Gasteiger partial charge is 0.508 e. The number of ether oxygens (including phenoxy) is 1. The summed E-state index contributed by atoms with van der Waals surface area (Å²) in [6.07, 6.45) is 15.2. The zero-order valence-corrected chi connectivity index (χ0v) is 27.7. The number of carbonyl (C=O) groups is 1. The number of aromatic nitrogens is 1. The number of fused-ring (bicyclic) bond motifs is 4. The number of phenolic OH excluding ortho intramolecular Hbond substituents is 1. The van der Waals surface area contributed by atoms with E-state index in [2.05, 4.69) is 88.2 Å². The molecule has 2 aromatic carbocycles. The Kier molecular flexibility index (Phi) is 5.65. The van der Waals surface area contributed by atoms with E-state index in [1.807, 2.05) is 6.07 Å². The van der Waals surface area contributed by atoms with E-state index in [4.69, 9.17) is 4.74 Å². The first-order chi connectivity index (χ1) is 22.9. The molecule has 1 fully saturated rings. The summed E-state index contributed by atoms with van der Waals surface area (Å²) in [4.78, 5) is 18.9. The number of rotatable bonds is 4. The molecule has 1 saturated heterocycles. The highest BCUT2D eigenvalue weighted by atomic mass is 16.5. The monoisotopic (exact) mass is 628 g/mol. The number of anilines is 1. The topological polar surface area (TPSA) is 70.0 Å². The van der Waals surface area contributed by atoms with Crippen molar-refractivity contribution in [1.82, 2.24) is 14.4 Å². The number of methoxy groups -OCH3 is 1. The SMILES string of the molecule is CC[C@]12C=CCN3CCc4c(n(c5ccccc45)[C@@H](c4cc5c(cc4O)NC4=C(C(=O)OC)C[C@]6(CC)C=CCN7CC[C@@]45[C@@H]76)C1)[C@@H]32. The number of benzene rings is 2. The highest BCUT2D eigenvalue weighted by Crippen LogP contribution is 2.66. The fraction of sp³-hybridized carbons (Fsp3) is 0.475. The van der Waals surface area contributed by atoms with Crippen LogP contribution in [0.2, 0.25) is 0 Å². The summed E-state index contributed by atoms with van der Waals surface area (Å²) in [5, 5.41) is 17.2. The van der Waals surface area contributed by atoms with Crippen LogP contribution in [-0.2, 0) is 21.4 Å². The van der Waals surface area contributed by atoms with Gasteiger partial charge in [0.05, 0.1) is 30.2 Å². The van der Waals surface area contributed by atoms with Crippen LogP contribution < -0.4 is 5.32 Å². The van der Waals surface area contributed by atoms with Gasteiger partial charge >= 0.3 is 5.97 Å². The van der Waals surface area contributed by atoms with Gasteiger partial charge in [0.2, 0.25) is 0 Å². The second kappa shape index (κ2) is 9.42. The van der Waals surface area contributed by atoms with Crippen LogP contribution in [0.15, 0.2) is 72.0 Å². The smallest absolute Gasteiger partial charge is 0.335 e. The van der Waals surface area contributed by atoms with E-state index < -0.39 is 0 Å². The number of hydrogen-bond donors (Lipinski definition) is 2. The summed E-state index contributed by atoms with van der Waals surface area (Å²) >= 11 is 0. The van der Waals surface area contributed by atoms with E-state index >= 15 is 0 Å². The molecule has 2 N–H and O–H groups in total. The third-order valence-corrected chi connectivity index (χ3v) is 13.8. The van der Waals surface area contributed by atoms with Crippen LogP contribution in [-0.4, -0.2) is 64.8 Å². The Morgan fingerprint density at radius 1 is 1.04 bits per heavy atom. The van der Waals surface area contributed by atoms with Gasteiger partial charge in [0.15, 0.2) is 0 Å². The van der Waals surface area contributed by atoms with Crippen molar-refractivity contribution < 1.29 is 14.6 Å². The van der Waals surface area contributed by atoms with Gasteiger partial charge in [-0.3, -0.25) is 9.80 Å². The summed E-state index contributed by atoms with van der Waals surface area (Å²) in [7, 11) is 1.50. The van der Waals surface area contributed by atoms with E-state index in [1.165, 1.54) is 34.8 Å². The summed E-state index contributed by atoms with van der Waals surface area (Å²) in [5.74, 6) is 0.0930. The van der Waals surface area contributed by atoms with Crippen molar-refractivity contribution in [3.63, 3.8) is 0 Å². The lowest BCUT2D eigenvalue weighted by Crippen LogP contribution is -2.58. The lowest BCUT2D eigenvalue weighted by atomic mass is 9.55. The molecule has 0 radical (unpaired) electrons. The quantitative estimate of drug-likeness (QED) is 0.247. The summed E-state index contributed by atoms with van der Waals surface area (Å²) in [5.41, 5.74) is 8.66. The number of phenols is 1. The normalized spacial score (nSPS) is 34.6. The molecule has 1 spiro atoms. The van der Waals surface area contributed by atoms with Crippen molar-refractivity contribution in [2.24, 2.45) is 10.8 Å². The van der Waals surface area contributed by atoms with Crippen LogP contribution >= 0.6 is 0 Å². The molecule has 7 heteroatoms. The Bertz CT molecular complexity index is 1990. The lowest BCUT2D eigenvalue weighted by molar-refractivity contribution is -0.137. The van der Waals surface area contributed by atoms with Crippen LogP contribution in [0.3, 0.4) is 0 Å². The molecule has 10 rings (SSSR count). The molecule has 0 amide bonds. The molecule has 0 saturated carbocycles. The molecular weight excluding hydrogens is 584 g/mol. The number of esters is 1. The van der Waals surface area contributed by atoms with E-state index in [1.54, 1.807) is 0 Å². The average Bonchev–Trinajstić information content (AvgIpc) is 3.77. The minimum Gasteiger partial charge on any atom is -0.508 e. The molecule has 6 atom stereocenters. The number of nitrogens with one attached hydrogen (secondary N) is 1. The van der Waals surface area contributed by atoms with Crippen molar-refractivity contribution in [1.29, 1.82) is 0 Å². The van der Waals surface area contributed by atoms with Crippen LogP contribution in [0, 0.1) is 10.8 Å². The number of nitrogens with zero attached hydrogens (tertiary/aromatic N) is 3. The van der Waals surface area contributed by atoms with Crippen molar-refractivity contribution in [2.75, 3.05) is 38.6 Å². The summed E-state index contributed by atoms with van der Waals surface area (Å²) in [6, 6.07) is 13.8. The Morgan fingerprint density at radius 3 is 2.64 bits per heavy atom. The Hall–Kier alpha value is -3.81. The molecule has 47 heavy (non-hydrogen) atoms. The molecule has 7 heterocycles. The third kappa shape index (κ3) is 3.28. The van der Waals surface area contributed by atoms with Crippen molar-refractivity contribution in [3.8, 4) is 5.75 Å². The van der Waals surface area contributed by atoms with Gasteiger partial charge in [0.25, 0.3) is 0 Å². The average molecular weight is 629 g/mol. The van der Waals surface area contributed by atoms with Crippen molar-refractivity contribution in [2.45, 2.75) is 75.9 Å². The first kappa shape index (κ1) is 28.2. The first-order valence-electron chi connectivity index (χ1n) is 17.8. The lowest BCUT2D eigenvalue weighted by Gasteiger charge is -2.55. The van der Waals surface area contributed by atoms with Crippen LogP contribution in [0.5, 0.6) is 5.75 Å². The van der Waals surface area contributed by atoms with Crippen LogP contribution in [0.1, 0.15) is 80.4 Å². The molecule has 1 aromatic heterocycles. The van der Waals surface area contributed by atoms with E-state index in [-0.39, 0.29) is 34.3 Å². The van der Waals surface area contributed by atoms with E-state index in [0.29, 0.717) is 18.2 Å². The van der Waals surface area contributed by atoms with Crippen LogP contribution in [0.25, 0.3) is 10.9 Å². The molecule has 1 aliphatic carbocycles. The maximum absolute atomic E-state index is 13.5. The standard InChI is InChI=1S/C40H44N4O3/c1-4-38-13-8-16-42-18-12-25-24-10-6-7-11-30(24)44(33(25)35(38)42)31(23-38)26-20-28-29(21-32(26)45)41-34-27(36(46)47-3)22-39(5-2)14-9-17-43-19-15-40(28,34)37(39)43/h6-11,13-14,20-21,31,35,37,41,45H,4-5,12,15-19,22-23H2,1-3H3/t31-,35-,37+,38+,39+,40+/m1/s1. The zero-order valence-electron chi connectivity index (χ0n) is 27.7. The van der Waals surface area contributed by atoms with Gasteiger partial charge in [-0.25, -0.2) is 4.79 Å². The van der Waals surface area contributed by atoms with Crippen molar-refractivity contribution in [3.05, 3.63) is 94.4 Å². The van der Waals surface area contributed by atoms with Gasteiger partial charge < -0.3 is 19.7 Å². The molecule has 0 unspecified atom stereocenters. The molecule has 242 valence electrons. The number of aromatic hydroxyl groups is 1. The van der Waals surface area contributed by atoms with Crippen LogP contribution in [0.4, 0.5) is 5.69 Å². The Balaban J connectivity index is 1.23. The molecule has 0 bridgehead atoms. The van der Waals surface area contributed by atoms with Gasteiger partial charge in [-0.05, 0) is 61.8 Å². The van der Waals surface area contributed by atoms with Gasteiger partial charge in [0.1, 0.15) is 5.75 Å². The number of carbonyl (C=O) groups excluding carboxylic acids is 1. The zero-order chi connectivity index (χ0) is 31.9. The third-order valence-electron chi connectivity index (χ3n) is 13.8. The van der Waals surface area contributed by atoms with Gasteiger partial charge in [-0.15, -0.1) is 0 Å². The molecule has 6 aliphatic heterocycles. The molecule has 7 aliphatic rings. The molecular formula is C40H44N4O3. The van der Waals surface area contributed by atoms with Gasteiger partial charge in [-0.1, -0.05) is 56.4 Å². The Morgan fingerprint density at radius 2 is 1.83 bits per heavy atom. The summed E-state index contributed by atoms with van der Waals surface area (Å²) in [6.45, 7) is 8.62. The van der Waals surface area contributed by atoms with E-state index in [0.717, 1.165) is 80.8 Å². The minimum absolute atomic E-state index is 0.00586. The number of hydrogen-bond acceptors (Lipinski definition) is 6. The second-order valence-corrected chi connectivity index (χ2v) is 15.3. The predicted octanol–water partition coefficient (Wildman–Crippen LogP) is 6.74. The second-order valence-electron chi connectivity index (χ2n) is 15.3. The van der Waals surface area contributed by atoms with Crippen molar-refractivity contribution >= 4 is 22.6 Å². The highest BCUT2D eigenvalue weighted by Gasteiger charge is 2.65. The molecule has 7 nitrogen and oxygen atoms in total. The Labute approximate surface area is 276 Å². The first-order valence-corrected chi connectivity index (χ1v) is 17.8. The van der Waals surface area contributed by atoms with Gasteiger partial charge in [-0.2, -0.15) is 0 Å². The van der Waals surface area contributed by atoms with E-state index in [9.17, 15) is 9.90 Å².